The molecule has 2 amide bonds. The van der Waals surface area contributed by atoms with Gasteiger partial charge in [-0.15, -0.1) is 0 Å². The molecule has 12 heteroatoms. The molecule has 2 saturated carbocycles. The number of nitrogens with one attached hydrogen (secondary N) is 2. The highest BCUT2D eigenvalue weighted by Crippen LogP contribution is 2.42. The summed E-state index contributed by atoms with van der Waals surface area (Å²) in [6, 6.07) is 11.7. The number of pyridine rings is 2. The van der Waals surface area contributed by atoms with Crippen LogP contribution in [-0.2, 0) is 11.3 Å². The van der Waals surface area contributed by atoms with Gasteiger partial charge in [0.15, 0.2) is 0 Å². The summed E-state index contributed by atoms with van der Waals surface area (Å²) in [5.41, 5.74) is 2.51. The molecule has 7 rings (SSSR count). The first-order valence-corrected chi connectivity index (χ1v) is 17.3. The molecule has 4 heterocycles. The van der Waals surface area contributed by atoms with Gasteiger partial charge in [-0.2, -0.15) is 5.26 Å². The van der Waals surface area contributed by atoms with Crippen molar-refractivity contribution in [3.8, 4) is 17.2 Å². The zero-order valence-electron chi connectivity index (χ0n) is 27.9. The minimum absolute atomic E-state index is 0.0123. The second-order valence-electron chi connectivity index (χ2n) is 13.1. The average Bonchev–Trinajstić information content (AvgIpc) is 4.03. The van der Waals surface area contributed by atoms with Crippen LogP contribution in [0.4, 0.5) is 14.6 Å². The summed E-state index contributed by atoms with van der Waals surface area (Å²) in [5, 5.41) is 15.7. The molecule has 4 fully saturated rings. The van der Waals surface area contributed by atoms with E-state index in [1.165, 1.54) is 6.07 Å². The van der Waals surface area contributed by atoms with Crippen molar-refractivity contribution < 1.29 is 23.1 Å². The predicted molar refractivity (Wildman–Crippen MR) is 181 cm³/mol. The third-order valence-electron chi connectivity index (χ3n) is 9.16. The van der Waals surface area contributed by atoms with Crippen LogP contribution in [0.25, 0.3) is 11.1 Å². The number of amides is 2. The number of carbonyl (C=O) groups excluding carboxylic acids is 2. The van der Waals surface area contributed by atoms with E-state index >= 15 is 0 Å². The quantitative estimate of drug-likeness (QED) is 0.269. The smallest absolute Gasteiger partial charge is 0.282 e. The van der Waals surface area contributed by atoms with Gasteiger partial charge in [0.05, 0.1) is 30.8 Å². The van der Waals surface area contributed by atoms with Crippen molar-refractivity contribution in [3.63, 3.8) is 0 Å². The lowest BCUT2D eigenvalue weighted by atomic mass is 9.95. The number of halogens is 2. The number of carbonyl (C=O) groups is 2. The number of anilines is 1. The maximum Gasteiger partial charge on any atom is 0.282 e. The molecule has 2 aliphatic heterocycles. The molecule has 2 saturated heterocycles. The molecule has 2 aromatic heterocycles. The van der Waals surface area contributed by atoms with Crippen molar-refractivity contribution in [2.45, 2.75) is 89.3 Å². The summed E-state index contributed by atoms with van der Waals surface area (Å²) in [4.78, 5) is 46.3. The third-order valence-corrected chi connectivity index (χ3v) is 9.16. The number of hydrogen-bond donors (Lipinski definition) is 2. The molecule has 4 aliphatic rings. The third kappa shape index (κ3) is 8.06. The average molecular weight is 673 g/mol. The first kappa shape index (κ1) is 34.4. The van der Waals surface area contributed by atoms with Crippen LogP contribution in [0.5, 0.6) is 0 Å². The molecule has 1 aromatic carbocycles. The van der Waals surface area contributed by atoms with E-state index in [-0.39, 0.29) is 46.1 Å². The van der Waals surface area contributed by atoms with E-state index in [0.29, 0.717) is 29.9 Å². The molecule has 1 unspecified atom stereocenters. The van der Waals surface area contributed by atoms with Gasteiger partial charge < -0.3 is 24.8 Å². The van der Waals surface area contributed by atoms with Crippen molar-refractivity contribution in [1.29, 1.82) is 5.26 Å². The summed E-state index contributed by atoms with van der Waals surface area (Å²) in [6.45, 7) is 4.56. The predicted octanol–water partition coefficient (Wildman–Crippen LogP) is 6.02. The topological polar surface area (TPSA) is 129 Å². The maximum absolute atomic E-state index is 13.7. The molecular formula is C37H42F2N6O4. The lowest BCUT2D eigenvalue weighted by Crippen LogP contribution is -2.58. The lowest BCUT2D eigenvalue weighted by molar-refractivity contribution is -0.113. The fourth-order valence-electron chi connectivity index (χ4n) is 6.30. The summed E-state index contributed by atoms with van der Waals surface area (Å²) in [6.07, 6.45) is 8.79. The minimum Gasteiger partial charge on any atom is -0.377 e. The molecule has 3 aromatic rings. The largest absolute Gasteiger partial charge is 0.377 e. The molecule has 10 nitrogen and oxygen atoms in total. The Morgan fingerprint density at radius 2 is 1.82 bits per heavy atom. The Labute approximate surface area is 284 Å². The lowest BCUT2D eigenvalue weighted by Gasteiger charge is -2.39. The SMILES string of the molecule is CC.N#Cc1ccc(-c2cc(NC(=O)c3cc(CNCC4CCCCO4)cn(C4CC4)c3=O)nc(C3CC3)c2)c(C(=O)N2CC(F)(F)C2)c1. The normalized spacial score (nSPS) is 19.6. The number of rotatable bonds is 10. The van der Waals surface area contributed by atoms with Gasteiger partial charge in [-0.05, 0) is 92.0 Å². The van der Waals surface area contributed by atoms with Crippen LogP contribution in [0.2, 0.25) is 0 Å². The van der Waals surface area contributed by atoms with E-state index in [0.717, 1.165) is 62.0 Å². The van der Waals surface area contributed by atoms with Gasteiger partial charge in [0.25, 0.3) is 23.3 Å². The molecule has 2 aliphatic carbocycles. The highest BCUT2D eigenvalue weighted by Gasteiger charge is 2.46. The van der Waals surface area contributed by atoms with Crippen molar-refractivity contribution in [2.75, 3.05) is 31.6 Å². The number of nitrogens with zero attached hydrogens (tertiary/aromatic N) is 4. The van der Waals surface area contributed by atoms with E-state index in [4.69, 9.17) is 4.74 Å². The first-order chi connectivity index (χ1) is 23.7. The van der Waals surface area contributed by atoms with Crippen molar-refractivity contribution in [1.82, 2.24) is 19.8 Å². The molecular weight excluding hydrogens is 630 g/mol. The number of hydrogen-bond acceptors (Lipinski definition) is 7. The first-order valence-electron chi connectivity index (χ1n) is 17.3. The summed E-state index contributed by atoms with van der Waals surface area (Å²) < 4.78 is 34.7. The van der Waals surface area contributed by atoms with Crippen LogP contribution < -0.4 is 16.2 Å². The zero-order chi connectivity index (χ0) is 34.7. The van der Waals surface area contributed by atoms with Gasteiger partial charge in [0, 0.05) is 49.1 Å². The van der Waals surface area contributed by atoms with Crippen LogP contribution in [0.3, 0.4) is 0 Å². The molecule has 258 valence electrons. The van der Waals surface area contributed by atoms with Crippen LogP contribution in [0.1, 0.15) is 108 Å². The van der Waals surface area contributed by atoms with Gasteiger partial charge in [0.1, 0.15) is 11.4 Å². The van der Waals surface area contributed by atoms with Crippen molar-refractivity contribution in [3.05, 3.63) is 80.9 Å². The number of benzene rings is 1. The highest BCUT2D eigenvalue weighted by molar-refractivity contribution is 6.05. The Morgan fingerprint density at radius 3 is 2.47 bits per heavy atom. The number of aromatic nitrogens is 2. The van der Waals surface area contributed by atoms with E-state index in [1.54, 1.807) is 28.8 Å². The summed E-state index contributed by atoms with van der Waals surface area (Å²) in [5.74, 6) is -3.74. The molecule has 1 atom stereocenters. The molecule has 49 heavy (non-hydrogen) atoms. The van der Waals surface area contributed by atoms with Crippen LogP contribution in [-0.4, -0.2) is 64.5 Å². The maximum atomic E-state index is 13.7. The van der Waals surface area contributed by atoms with Gasteiger partial charge in [-0.3, -0.25) is 14.4 Å². The molecule has 0 spiro atoms. The summed E-state index contributed by atoms with van der Waals surface area (Å²) in [7, 11) is 0. The van der Waals surface area contributed by atoms with Gasteiger partial charge >= 0.3 is 0 Å². The monoisotopic (exact) mass is 672 g/mol. The van der Waals surface area contributed by atoms with E-state index in [1.807, 2.05) is 32.2 Å². The van der Waals surface area contributed by atoms with Crippen LogP contribution in [0, 0.1) is 11.3 Å². The van der Waals surface area contributed by atoms with Crippen LogP contribution >= 0.6 is 0 Å². The molecule has 2 N–H and O–H groups in total. The fraction of sp³-hybridized carbons (Fsp3) is 0.486. The number of nitriles is 1. The van der Waals surface area contributed by atoms with Gasteiger partial charge in [-0.25, -0.2) is 13.8 Å². The number of likely N-dealkylation sites (tertiary alicyclic amines) is 1. The Hall–Kier alpha value is -4.47. The van der Waals surface area contributed by atoms with E-state index in [2.05, 4.69) is 15.6 Å². The van der Waals surface area contributed by atoms with Crippen molar-refractivity contribution >= 4 is 17.6 Å². The number of alkyl halides is 2. The fourth-order valence-corrected chi connectivity index (χ4v) is 6.30. The van der Waals surface area contributed by atoms with Gasteiger partial charge in [-0.1, -0.05) is 19.9 Å². The minimum atomic E-state index is -2.94. The van der Waals surface area contributed by atoms with E-state index < -0.39 is 30.8 Å². The second kappa shape index (κ2) is 14.6. The highest BCUT2D eigenvalue weighted by atomic mass is 19.3. The van der Waals surface area contributed by atoms with Gasteiger partial charge in [0.2, 0.25) is 0 Å². The Bertz CT molecular complexity index is 1810. The standard InChI is InChI=1S/C35H36F2N6O4.C2H6/c36-35(37)19-42(20-35)33(45)28-11-21(15-38)4-9-27(28)24-13-30(23-5-6-23)40-31(14-24)41-32(44)29-12-22(18-43(34(29)46)25-7-8-25)16-39-17-26-3-1-2-10-47-26;1-2/h4,9,11-14,18,23,25-26,39H,1-3,5-8,10,16-17,19-20H2,(H,40,41,44);1-2H3. The zero-order valence-corrected chi connectivity index (χ0v) is 27.9. The Morgan fingerprint density at radius 1 is 1.04 bits per heavy atom. The van der Waals surface area contributed by atoms with E-state index in [9.17, 15) is 28.4 Å². The van der Waals surface area contributed by atoms with Crippen molar-refractivity contribution in [2.24, 2.45) is 0 Å². The molecule has 0 bridgehead atoms. The number of ether oxygens (including phenoxy) is 1. The Balaban J connectivity index is 0.00000205. The molecule has 0 radical (unpaired) electrons. The Kier molecular flexibility index (Phi) is 10.2. The summed E-state index contributed by atoms with van der Waals surface area (Å²) >= 11 is 0. The van der Waals surface area contributed by atoms with Crippen LogP contribution in [0.15, 0.2) is 47.4 Å². The second-order valence-corrected chi connectivity index (χ2v) is 13.1.